The van der Waals surface area contributed by atoms with Crippen molar-refractivity contribution in [3.05, 3.63) is 41.9 Å². The molecule has 5 heteroatoms. The minimum absolute atomic E-state index is 0.00106. The lowest BCUT2D eigenvalue weighted by Crippen LogP contribution is -2.07. The van der Waals surface area contributed by atoms with Crippen LogP contribution in [0, 0.1) is 0 Å². The van der Waals surface area contributed by atoms with Crippen LogP contribution in [0.5, 0.6) is 0 Å². The monoisotopic (exact) mass is 234 g/mol. The quantitative estimate of drug-likeness (QED) is 0.860. The summed E-state index contributed by atoms with van der Waals surface area (Å²) >= 11 is 0. The molecule has 0 aliphatic heterocycles. The van der Waals surface area contributed by atoms with Gasteiger partial charge in [-0.1, -0.05) is 6.92 Å². The third-order valence-corrected chi connectivity index (χ3v) is 2.56. The van der Waals surface area contributed by atoms with Crippen LogP contribution in [0.3, 0.4) is 0 Å². The summed E-state index contributed by atoms with van der Waals surface area (Å²) in [6.07, 6.45) is 6.87. The van der Waals surface area contributed by atoms with Crippen LogP contribution >= 0.6 is 0 Å². The van der Waals surface area contributed by atoms with Gasteiger partial charge in [-0.3, -0.25) is 0 Å². The van der Waals surface area contributed by atoms with Crippen molar-refractivity contribution in [2.45, 2.75) is 26.3 Å². The predicted octanol–water partition coefficient (Wildman–Crippen LogP) is 2.18. The lowest BCUT2D eigenvalue weighted by molar-refractivity contribution is 0.0660. The summed E-state index contributed by atoms with van der Waals surface area (Å²) < 4.78 is 6.89. The van der Waals surface area contributed by atoms with Crippen LogP contribution in [-0.4, -0.2) is 20.6 Å². The molecule has 1 N–H and O–H groups in total. The Bertz CT molecular complexity index is 513. The summed E-state index contributed by atoms with van der Waals surface area (Å²) in [6, 6.07) is 1.68. The Morgan fingerprint density at radius 1 is 1.59 bits per heavy atom. The molecular formula is C12H14N2O3. The van der Waals surface area contributed by atoms with E-state index in [1.54, 1.807) is 12.3 Å². The lowest BCUT2D eigenvalue weighted by Gasteiger charge is -2.05. The molecule has 0 unspecified atom stereocenters. The number of hydrogen-bond acceptors (Lipinski definition) is 3. The van der Waals surface area contributed by atoms with E-state index in [0.29, 0.717) is 12.1 Å². The zero-order chi connectivity index (χ0) is 12.3. The molecule has 0 aromatic carbocycles. The number of aromatic carboxylic acids is 1. The summed E-state index contributed by atoms with van der Waals surface area (Å²) in [5.74, 6) is -0.0756. The van der Waals surface area contributed by atoms with Crippen LogP contribution in [-0.2, 0) is 13.0 Å². The van der Waals surface area contributed by atoms with E-state index in [2.05, 4.69) is 11.9 Å². The van der Waals surface area contributed by atoms with E-state index >= 15 is 0 Å². The van der Waals surface area contributed by atoms with Crippen LogP contribution in [0.2, 0.25) is 0 Å². The van der Waals surface area contributed by atoms with E-state index in [4.69, 9.17) is 9.52 Å². The highest BCUT2D eigenvalue weighted by molar-refractivity contribution is 5.86. The number of aromatic nitrogens is 2. The molecule has 2 rings (SSSR count). The summed E-state index contributed by atoms with van der Waals surface area (Å²) in [5, 5.41) is 8.94. The minimum Gasteiger partial charge on any atom is -0.475 e. The Balaban J connectivity index is 2.22. The first-order chi connectivity index (χ1) is 8.22. The van der Waals surface area contributed by atoms with Gasteiger partial charge in [-0.05, 0) is 12.5 Å². The van der Waals surface area contributed by atoms with Gasteiger partial charge in [0.1, 0.15) is 5.82 Å². The van der Waals surface area contributed by atoms with Gasteiger partial charge in [0.25, 0.3) is 0 Å². The highest BCUT2D eigenvalue weighted by Crippen LogP contribution is 2.13. The van der Waals surface area contributed by atoms with Gasteiger partial charge in [-0.25, -0.2) is 9.78 Å². The number of carbonyl (C=O) groups is 1. The molecular weight excluding hydrogens is 220 g/mol. The van der Waals surface area contributed by atoms with Crippen LogP contribution in [0.25, 0.3) is 0 Å². The van der Waals surface area contributed by atoms with Gasteiger partial charge in [-0.2, -0.15) is 0 Å². The highest BCUT2D eigenvalue weighted by atomic mass is 16.4. The van der Waals surface area contributed by atoms with Crippen molar-refractivity contribution in [2.75, 3.05) is 0 Å². The second-order valence-electron chi connectivity index (χ2n) is 3.80. The number of nitrogens with zero attached hydrogens (tertiary/aromatic N) is 2. The summed E-state index contributed by atoms with van der Waals surface area (Å²) in [7, 11) is 0. The number of carboxylic acids is 1. The topological polar surface area (TPSA) is 68.3 Å². The Labute approximate surface area is 98.7 Å². The fourth-order valence-electron chi connectivity index (χ4n) is 1.77. The first-order valence-corrected chi connectivity index (χ1v) is 5.52. The van der Waals surface area contributed by atoms with Gasteiger partial charge in [0.15, 0.2) is 0 Å². The van der Waals surface area contributed by atoms with Crippen LogP contribution in [0.15, 0.2) is 29.1 Å². The molecule has 0 fully saturated rings. The molecule has 0 bridgehead atoms. The summed E-state index contributed by atoms with van der Waals surface area (Å²) in [5.41, 5.74) is 0.660. The fourth-order valence-corrected chi connectivity index (χ4v) is 1.77. The molecule has 2 aromatic rings. The van der Waals surface area contributed by atoms with Gasteiger partial charge in [0.2, 0.25) is 5.76 Å². The number of hydrogen-bond donors (Lipinski definition) is 1. The van der Waals surface area contributed by atoms with Gasteiger partial charge in [-0.15, -0.1) is 0 Å². The van der Waals surface area contributed by atoms with E-state index < -0.39 is 5.97 Å². The third kappa shape index (κ3) is 2.38. The molecule has 0 aliphatic rings. The highest BCUT2D eigenvalue weighted by Gasteiger charge is 2.14. The van der Waals surface area contributed by atoms with Crippen LogP contribution in [0.4, 0.5) is 0 Å². The first-order valence-electron chi connectivity index (χ1n) is 5.52. The molecule has 0 saturated carbocycles. The van der Waals surface area contributed by atoms with Crippen molar-refractivity contribution >= 4 is 5.97 Å². The van der Waals surface area contributed by atoms with Crippen molar-refractivity contribution in [1.82, 2.24) is 9.55 Å². The lowest BCUT2D eigenvalue weighted by atomic mass is 10.2. The first kappa shape index (κ1) is 11.4. The second kappa shape index (κ2) is 4.86. The number of rotatable bonds is 5. The van der Waals surface area contributed by atoms with Gasteiger partial charge in [0, 0.05) is 24.4 Å². The zero-order valence-electron chi connectivity index (χ0n) is 9.59. The van der Waals surface area contributed by atoms with Crippen LogP contribution < -0.4 is 0 Å². The van der Waals surface area contributed by atoms with E-state index in [0.717, 1.165) is 18.7 Å². The van der Waals surface area contributed by atoms with Crippen molar-refractivity contribution < 1.29 is 14.3 Å². The zero-order valence-corrected chi connectivity index (χ0v) is 9.59. The van der Waals surface area contributed by atoms with E-state index in [9.17, 15) is 4.79 Å². The molecule has 2 heterocycles. The average molecular weight is 234 g/mol. The standard InChI is InChI=1S/C12H14N2O3/c1-2-3-10-13-5-6-14(10)8-9-4-7-17-11(9)12(15)16/h4-7H,2-3,8H2,1H3,(H,15,16). The molecule has 0 amide bonds. The molecule has 0 atom stereocenters. The van der Waals surface area contributed by atoms with E-state index in [1.165, 1.54) is 6.26 Å². The molecule has 0 saturated heterocycles. The Kier molecular flexibility index (Phi) is 3.27. The molecule has 0 spiro atoms. The summed E-state index contributed by atoms with van der Waals surface area (Å²) in [4.78, 5) is 15.1. The largest absolute Gasteiger partial charge is 0.475 e. The normalized spacial score (nSPS) is 10.6. The van der Waals surface area contributed by atoms with Gasteiger partial charge in [0.05, 0.1) is 12.8 Å². The molecule has 90 valence electrons. The molecule has 0 radical (unpaired) electrons. The third-order valence-electron chi connectivity index (χ3n) is 2.56. The second-order valence-corrected chi connectivity index (χ2v) is 3.80. The van der Waals surface area contributed by atoms with E-state index in [-0.39, 0.29) is 5.76 Å². The molecule has 5 nitrogen and oxygen atoms in total. The number of furan rings is 1. The number of aryl methyl sites for hydroxylation is 1. The fraction of sp³-hybridized carbons (Fsp3) is 0.333. The van der Waals surface area contributed by atoms with Crippen molar-refractivity contribution in [3.8, 4) is 0 Å². The van der Waals surface area contributed by atoms with Crippen molar-refractivity contribution in [1.29, 1.82) is 0 Å². The Morgan fingerprint density at radius 2 is 2.41 bits per heavy atom. The minimum atomic E-state index is -1.04. The van der Waals surface area contributed by atoms with Gasteiger partial charge >= 0.3 is 5.97 Å². The maximum atomic E-state index is 10.9. The SMILES string of the molecule is CCCc1nccn1Cc1ccoc1C(=O)O. The average Bonchev–Trinajstić information content (AvgIpc) is 2.89. The smallest absolute Gasteiger partial charge is 0.372 e. The maximum absolute atomic E-state index is 10.9. The van der Waals surface area contributed by atoms with Crippen molar-refractivity contribution in [3.63, 3.8) is 0 Å². The summed E-state index contributed by atoms with van der Waals surface area (Å²) in [6.45, 7) is 2.56. The maximum Gasteiger partial charge on any atom is 0.372 e. The number of imidazole rings is 1. The number of carboxylic acid groups (broad SMARTS) is 1. The molecule has 2 aromatic heterocycles. The van der Waals surface area contributed by atoms with Crippen LogP contribution in [0.1, 0.15) is 35.3 Å². The van der Waals surface area contributed by atoms with Crippen molar-refractivity contribution in [2.24, 2.45) is 0 Å². The van der Waals surface area contributed by atoms with Gasteiger partial charge < -0.3 is 14.1 Å². The van der Waals surface area contributed by atoms with E-state index in [1.807, 2.05) is 10.8 Å². The molecule has 0 aliphatic carbocycles. The predicted molar refractivity (Wildman–Crippen MR) is 61.0 cm³/mol. The Morgan fingerprint density at radius 3 is 3.12 bits per heavy atom. The molecule has 17 heavy (non-hydrogen) atoms. The Hall–Kier alpha value is -2.04.